The van der Waals surface area contributed by atoms with E-state index in [-0.39, 0.29) is 22.7 Å². The molecule has 0 heterocycles. The minimum Gasteiger partial charge on any atom is -0.454 e. The Bertz CT molecular complexity index is 1470. The highest BCUT2D eigenvalue weighted by atomic mass is 16.5. The summed E-state index contributed by atoms with van der Waals surface area (Å²) >= 11 is 0. The van der Waals surface area contributed by atoms with Gasteiger partial charge in [-0.05, 0) is 69.9 Å². The van der Waals surface area contributed by atoms with Gasteiger partial charge < -0.3 is 9.84 Å². The third-order valence-electron chi connectivity index (χ3n) is 8.65. The number of rotatable bonds is 11. The third kappa shape index (κ3) is 12.2. The van der Waals surface area contributed by atoms with Crippen LogP contribution in [0.3, 0.4) is 0 Å². The van der Waals surface area contributed by atoms with Gasteiger partial charge >= 0.3 is 5.97 Å². The maximum atomic E-state index is 12.7. The quantitative estimate of drug-likeness (QED) is 0.141. The van der Waals surface area contributed by atoms with Gasteiger partial charge in [-0.3, -0.25) is 9.59 Å². The van der Waals surface area contributed by atoms with Crippen LogP contribution in [0.1, 0.15) is 89.0 Å². The fourth-order valence-electron chi connectivity index (χ4n) is 6.16. The van der Waals surface area contributed by atoms with Crippen LogP contribution in [0.2, 0.25) is 0 Å². The number of carbonyl (C=O) groups excluding carboxylic acids is 2. The SMILES string of the molecule is CC(=O)O[C@H]1CC(C)(C)C(/C=C/C(C)=C/C=C/C(C)=C/C=C/C=C(C)/C=C/C=C(C)/C=C/[C@H]2C(C)=C[C@@H](O)CC2(C)C)=C(C)C1=O. The predicted molar refractivity (Wildman–Crippen MR) is 194 cm³/mol. The first-order valence-electron chi connectivity index (χ1n) is 16.3. The predicted octanol–water partition coefficient (Wildman–Crippen LogP) is 10.2. The molecule has 4 heteroatoms. The van der Waals surface area contributed by atoms with E-state index in [2.05, 4.69) is 104 Å². The van der Waals surface area contributed by atoms with Crippen molar-refractivity contribution in [2.75, 3.05) is 0 Å². The second-order valence-electron chi connectivity index (χ2n) is 14.2. The molecule has 0 aliphatic heterocycles. The van der Waals surface area contributed by atoms with Crippen LogP contribution in [-0.2, 0) is 14.3 Å². The van der Waals surface area contributed by atoms with Crippen molar-refractivity contribution in [3.8, 4) is 0 Å². The molecule has 4 nitrogen and oxygen atoms in total. The summed E-state index contributed by atoms with van der Waals surface area (Å²) in [6.45, 7) is 22.2. The van der Waals surface area contributed by atoms with Crippen molar-refractivity contribution < 1.29 is 19.4 Å². The lowest BCUT2D eigenvalue weighted by molar-refractivity contribution is -0.153. The van der Waals surface area contributed by atoms with Gasteiger partial charge in [0.25, 0.3) is 0 Å². The van der Waals surface area contributed by atoms with Gasteiger partial charge in [0.1, 0.15) is 0 Å². The summed E-state index contributed by atoms with van der Waals surface area (Å²) in [4.78, 5) is 24.2. The van der Waals surface area contributed by atoms with Gasteiger partial charge in [0.15, 0.2) is 11.9 Å². The standard InChI is InChI=1S/C42H56O4/c1-29(18-14-20-31(3)22-24-37-33(5)26-36(44)27-41(37,8)9)16-12-13-17-30(2)19-15-21-32(4)23-25-38-34(6)40(45)39(46-35(7)43)28-42(38,10)11/h12-26,36-37,39,44H,27-28H2,1-11H3/b13-12+,18-14+,19-15+,24-22+,25-23+,29-16+,30-17+,31-20+,32-21+/t36-,37+,39+/m1/s1. The normalized spacial score (nSPS) is 25.2. The maximum Gasteiger partial charge on any atom is 0.303 e. The monoisotopic (exact) mass is 624 g/mol. The van der Waals surface area contributed by atoms with E-state index in [0.29, 0.717) is 17.9 Å². The zero-order chi connectivity index (χ0) is 34.7. The molecule has 2 aliphatic rings. The molecule has 46 heavy (non-hydrogen) atoms. The van der Waals surface area contributed by atoms with Crippen molar-refractivity contribution in [2.24, 2.45) is 16.7 Å². The zero-order valence-corrected chi connectivity index (χ0v) is 30.0. The molecule has 0 aromatic carbocycles. The lowest BCUT2D eigenvalue weighted by atomic mass is 9.67. The van der Waals surface area contributed by atoms with E-state index < -0.39 is 12.1 Å². The van der Waals surface area contributed by atoms with Gasteiger partial charge in [-0.1, -0.05) is 147 Å². The first-order valence-corrected chi connectivity index (χ1v) is 16.3. The number of esters is 1. The van der Waals surface area contributed by atoms with Gasteiger partial charge in [0.05, 0.1) is 6.10 Å². The Morgan fingerprint density at radius 1 is 0.783 bits per heavy atom. The molecule has 0 aromatic heterocycles. The second-order valence-corrected chi connectivity index (χ2v) is 14.2. The molecule has 3 atom stereocenters. The topological polar surface area (TPSA) is 63.6 Å². The van der Waals surface area contributed by atoms with Crippen molar-refractivity contribution in [3.63, 3.8) is 0 Å². The summed E-state index contributed by atoms with van der Waals surface area (Å²) in [5.41, 5.74) is 7.18. The molecule has 0 saturated heterocycles. The van der Waals surface area contributed by atoms with E-state index in [0.717, 1.165) is 28.7 Å². The summed E-state index contributed by atoms with van der Waals surface area (Å²) < 4.78 is 5.27. The zero-order valence-electron chi connectivity index (χ0n) is 30.0. The molecule has 0 saturated carbocycles. The van der Waals surface area contributed by atoms with E-state index in [1.165, 1.54) is 18.1 Å². The number of allylic oxidation sites excluding steroid dienone is 20. The summed E-state index contributed by atoms with van der Waals surface area (Å²) in [5.74, 6) is -0.210. The Balaban J connectivity index is 1.94. The molecule has 0 bridgehead atoms. The molecular weight excluding hydrogens is 568 g/mol. The molecule has 2 rings (SSSR count). The number of carbonyl (C=O) groups is 2. The molecule has 0 radical (unpaired) electrons. The molecule has 0 spiro atoms. The number of aliphatic hydroxyl groups excluding tert-OH is 1. The fourth-order valence-corrected chi connectivity index (χ4v) is 6.16. The molecule has 0 unspecified atom stereocenters. The Hall–Kier alpha value is -3.76. The summed E-state index contributed by atoms with van der Waals surface area (Å²) in [5, 5.41) is 10.1. The number of hydrogen-bond acceptors (Lipinski definition) is 4. The Morgan fingerprint density at radius 3 is 1.80 bits per heavy atom. The van der Waals surface area contributed by atoms with Crippen LogP contribution in [0.15, 0.2) is 130 Å². The lowest BCUT2D eigenvalue weighted by Gasteiger charge is -2.38. The smallest absolute Gasteiger partial charge is 0.303 e. The van der Waals surface area contributed by atoms with Crippen LogP contribution in [-0.4, -0.2) is 29.1 Å². The van der Waals surface area contributed by atoms with Gasteiger partial charge in [0, 0.05) is 19.3 Å². The van der Waals surface area contributed by atoms with Crippen LogP contribution in [0.5, 0.6) is 0 Å². The number of hydrogen-bond donors (Lipinski definition) is 1. The molecule has 1 N–H and O–H groups in total. The van der Waals surface area contributed by atoms with Gasteiger partial charge in [-0.2, -0.15) is 0 Å². The highest BCUT2D eigenvalue weighted by Crippen LogP contribution is 2.42. The summed E-state index contributed by atoms with van der Waals surface area (Å²) in [7, 11) is 0. The van der Waals surface area contributed by atoms with Gasteiger partial charge in [-0.15, -0.1) is 0 Å². The summed E-state index contributed by atoms with van der Waals surface area (Å²) in [6, 6.07) is 0. The third-order valence-corrected chi connectivity index (χ3v) is 8.65. The van der Waals surface area contributed by atoms with Crippen molar-refractivity contribution >= 4 is 11.8 Å². The molecule has 0 aromatic rings. The van der Waals surface area contributed by atoms with Crippen LogP contribution in [0.25, 0.3) is 0 Å². The summed E-state index contributed by atoms with van der Waals surface area (Å²) in [6.07, 6.45) is 31.4. The molecule has 248 valence electrons. The first kappa shape index (κ1) is 38.4. The van der Waals surface area contributed by atoms with Crippen molar-refractivity contribution in [1.82, 2.24) is 0 Å². The minimum atomic E-state index is -0.706. The largest absolute Gasteiger partial charge is 0.454 e. The van der Waals surface area contributed by atoms with Crippen LogP contribution in [0, 0.1) is 16.7 Å². The number of Topliss-reactive ketones (excluding diaryl/α,β-unsaturated/α-hetero) is 1. The highest BCUT2D eigenvalue weighted by Gasteiger charge is 2.39. The average molecular weight is 625 g/mol. The number of ether oxygens (including phenoxy) is 1. The average Bonchev–Trinajstić information content (AvgIpc) is 2.92. The Labute approximate surface area is 278 Å². The van der Waals surface area contributed by atoms with Gasteiger partial charge in [-0.25, -0.2) is 0 Å². The fraction of sp³-hybridized carbons (Fsp3) is 0.429. The van der Waals surface area contributed by atoms with E-state index in [1.54, 1.807) is 0 Å². The van der Waals surface area contributed by atoms with E-state index in [1.807, 2.05) is 56.4 Å². The van der Waals surface area contributed by atoms with Crippen LogP contribution in [0.4, 0.5) is 0 Å². The molecule has 0 fully saturated rings. The molecule has 2 aliphatic carbocycles. The van der Waals surface area contributed by atoms with Crippen molar-refractivity contribution in [3.05, 3.63) is 130 Å². The van der Waals surface area contributed by atoms with Crippen LogP contribution >= 0.6 is 0 Å². The first-order chi connectivity index (χ1) is 21.4. The van der Waals surface area contributed by atoms with E-state index in [4.69, 9.17) is 4.74 Å². The number of aliphatic hydroxyl groups is 1. The van der Waals surface area contributed by atoms with Gasteiger partial charge in [0.2, 0.25) is 0 Å². The number of ketones is 1. The molecule has 0 amide bonds. The maximum absolute atomic E-state index is 12.7. The second kappa shape index (κ2) is 17.2. The van der Waals surface area contributed by atoms with Crippen molar-refractivity contribution in [2.45, 2.75) is 101 Å². The Morgan fingerprint density at radius 2 is 1.28 bits per heavy atom. The van der Waals surface area contributed by atoms with E-state index in [9.17, 15) is 14.7 Å². The minimum absolute atomic E-state index is 0.0417. The molecular formula is C42H56O4. The van der Waals surface area contributed by atoms with E-state index >= 15 is 0 Å². The Kier molecular flexibility index (Phi) is 14.4. The van der Waals surface area contributed by atoms with Crippen molar-refractivity contribution in [1.29, 1.82) is 0 Å². The highest BCUT2D eigenvalue weighted by molar-refractivity contribution is 6.01. The lowest BCUT2D eigenvalue weighted by Crippen LogP contribution is -2.38. The van der Waals surface area contributed by atoms with Crippen LogP contribution < -0.4 is 0 Å².